The van der Waals surface area contributed by atoms with E-state index >= 15 is 0 Å². The van der Waals surface area contributed by atoms with E-state index in [9.17, 15) is 24.6 Å². The molecule has 0 heterocycles. The van der Waals surface area contributed by atoms with Crippen molar-refractivity contribution >= 4 is 23.4 Å². The van der Waals surface area contributed by atoms with Crippen LogP contribution in [0.4, 0.5) is 0 Å². The predicted octanol–water partition coefficient (Wildman–Crippen LogP) is 8.53. The number of nitrogens with one attached hydrogen (secondary N) is 1. The van der Waals surface area contributed by atoms with Gasteiger partial charge in [-0.25, -0.2) is 4.79 Å². The number of carbonyl (C=O) groups is 3. The van der Waals surface area contributed by atoms with Crippen LogP contribution in [0.5, 0.6) is 0 Å². The van der Waals surface area contributed by atoms with Crippen LogP contribution in [0, 0.1) is 50.7 Å². The fraction of sp³-hybridized carbons (Fsp3) is 0.738. The first-order valence-corrected chi connectivity index (χ1v) is 19.3. The first-order valence-electron chi connectivity index (χ1n) is 19.3. The van der Waals surface area contributed by atoms with Crippen LogP contribution >= 0.6 is 0 Å². The van der Waals surface area contributed by atoms with Crippen LogP contribution in [0.3, 0.4) is 0 Å². The third kappa shape index (κ3) is 5.69. The Morgan fingerprint density at radius 1 is 0.837 bits per heavy atom. The molecule has 270 valence electrons. The Labute approximate surface area is 294 Å². The lowest BCUT2D eigenvalue weighted by Gasteiger charge is -2.72. The van der Waals surface area contributed by atoms with Gasteiger partial charge in [-0.1, -0.05) is 59.2 Å². The van der Waals surface area contributed by atoms with Gasteiger partial charge in [0.25, 0.3) is 0 Å². The number of fused-ring (bicyclic) bond motifs is 7. The molecule has 49 heavy (non-hydrogen) atoms. The smallest absolute Gasteiger partial charge is 0.335 e. The molecule has 0 radical (unpaired) electrons. The van der Waals surface area contributed by atoms with Crippen LogP contribution in [-0.4, -0.2) is 58.6 Å². The molecule has 5 aliphatic carbocycles. The van der Waals surface area contributed by atoms with Gasteiger partial charge in [0.05, 0.1) is 17.4 Å². The molecule has 3 N–H and O–H groups in total. The lowest BCUT2D eigenvalue weighted by molar-refractivity contribution is -0.222. The molecule has 8 atom stereocenters. The molecule has 0 aliphatic heterocycles. The average Bonchev–Trinajstić information content (AvgIpc) is 3.48. The van der Waals surface area contributed by atoms with Crippen molar-refractivity contribution in [3.05, 3.63) is 41.5 Å². The molecule has 0 aromatic heterocycles. The van der Waals surface area contributed by atoms with Gasteiger partial charge in [0.2, 0.25) is 5.91 Å². The highest BCUT2D eigenvalue weighted by atomic mass is 16.4. The lowest BCUT2D eigenvalue weighted by atomic mass is 9.32. The lowest BCUT2D eigenvalue weighted by Crippen LogP contribution is -2.66. The number of aromatic carboxylic acids is 1. The highest BCUT2D eigenvalue weighted by Crippen LogP contribution is 2.77. The Morgan fingerprint density at radius 3 is 2.20 bits per heavy atom. The topological polar surface area (TPSA) is 107 Å². The molecule has 4 fully saturated rings. The van der Waals surface area contributed by atoms with Gasteiger partial charge in [-0.15, -0.1) is 0 Å². The zero-order valence-electron chi connectivity index (χ0n) is 31.2. The van der Waals surface area contributed by atoms with Crippen LogP contribution in [-0.2, 0) is 9.59 Å². The second kappa shape index (κ2) is 12.8. The van der Waals surface area contributed by atoms with Crippen molar-refractivity contribution in [1.29, 1.82) is 0 Å². The number of rotatable bonds is 10. The first-order chi connectivity index (χ1) is 23.0. The third-order valence-electron chi connectivity index (χ3n) is 15.9. The number of hydrogen-bond acceptors (Lipinski definition) is 4. The van der Waals surface area contributed by atoms with E-state index in [1.165, 1.54) is 31.3 Å². The number of nitrogens with zero attached hydrogens (tertiary/aromatic N) is 1. The van der Waals surface area contributed by atoms with E-state index in [1.54, 1.807) is 12.1 Å². The number of hydrogen-bond donors (Lipinski definition) is 3. The molecule has 0 bridgehead atoms. The van der Waals surface area contributed by atoms with Crippen molar-refractivity contribution in [1.82, 2.24) is 10.2 Å². The molecule has 7 heteroatoms. The summed E-state index contributed by atoms with van der Waals surface area (Å²) in [5, 5.41) is 22.0. The van der Waals surface area contributed by atoms with Gasteiger partial charge in [-0.3, -0.25) is 14.5 Å². The summed E-state index contributed by atoms with van der Waals surface area (Å²) in [6.45, 7) is 18.7. The average molecular weight is 675 g/mol. The summed E-state index contributed by atoms with van der Waals surface area (Å²) in [7, 11) is 0. The number of carboxylic acids is 2. The molecular weight excluding hydrogens is 612 g/mol. The number of aliphatic carboxylic acids is 1. The van der Waals surface area contributed by atoms with Crippen molar-refractivity contribution < 1.29 is 24.6 Å². The number of benzene rings is 1. The normalized spacial score (nSPS) is 37.8. The Morgan fingerprint density at radius 2 is 1.55 bits per heavy atom. The molecule has 7 nitrogen and oxygen atoms in total. The van der Waals surface area contributed by atoms with Crippen LogP contribution < -0.4 is 5.32 Å². The molecule has 4 saturated carbocycles. The summed E-state index contributed by atoms with van der Waals surface area (Å²) < 4.78 is 0. The Hall–Kier alpha value is -2.67. The van der Waals surface area contributed by atoms with E-state index in [1.807, 2.05) is 12.1 Å². The quantitative estimate of drug-likeness (QED) is 0.230. The van der Waals surface area contributed by atoms with Gasteiger partial charge in [0, 0.05) is 25.7 Å². The minimum Gasteiger partial charge on any atom is -0.481 e. The maximum absolute atomic E-state index is 14.2. The molecular formula is C42H62N2O5. The minimum absolute atomic E-state index is 0.0130. The van der Waals surface area contributed by atoms with E-state index in [-0.39, 0.29) is 45.4 Å². The summed E-state index contributed by atoms with van der Waals surface area (Å²) in [4.78, 5) is 39.1. The second-order valence-electron chi connectivity index (χ2n) is 18.3. The number of carboxylic acid groups (broad SMARTS) is 2. The standard InChI is InChI=1S/C42H62N2O5/c1-27(2)44(25-18-35(45)46)26-24-43-37(49)42-19-8-9-32(42)31-14-15-34-39(5)20-16-30(28-10-12-29(13-11-28)36(47)48)38(3,4)33(39)17-21-41(34,7)40(31,6)22-23-42/h10-13,16,27,31-34H,8-9,14-15,17-26H2,1-7H3,(H,43,49)(H,45,46)(H,47,48)/t31-,32-,33+,34-,39+,40-,41-,42+/m1/s1. The van der Waals surface area contributed by atoms with E-state index in [0.717, 1.165) is 44.1 Å². The fourth-order valence-corrected chi connectivity index (χ4v) is 13.2. The Bertz CT molecular complexity index is 1480. The van der Waals surface area contributed by atoms with Crippen molar-refractivity contribution in [3.63, 3.8) is 0 Å². The molecule has 5 aliphatic rings. The van der Waals surface area contributed by atoms with Crippen LogP contribution in [0.15, 0.2) is 30.3 Å². The number of amides is 1. The van der Waals surface area contributed by atoms with Crippen LogP contribution in [0.2, 0.25) is 0 Å². The third-order valence-corrected chi connectivity index (χ3v) is 15.9. The SMILES string of the molecule is CC(C)N(CCNC(=O)[C@]12CCC[C@@H]1[C@H]1CC[C@@H]3[C@@]4(C)CC=C(c5ccc(C(=O)O)cc5)C(C)(C)[C@@H]4CC[C@@]3(C)[C@]1(C)CC2)CCC(=O)O. The van der Waals surface area contributed by atoms with E-state index < -0.39 is 11.9 Å². The van der Waals surface area contributed by atoms with Crippen molar-refractivity contribution in [3.8, 4) is 0 Å². The van der Waals surface area contributed by atoms with Gasteiger partial charge in [-0.2, -0.15) is 0 Å². The fourth-order valence-electron chi connectivity index (χ4n) is 13.2. The summed E-state index contributed by atoms with van der Waals surface area (Å²) >= 11 is 0. The van der Waals surface area contributed by atoms with E-state index in [4.69, 9.17) is 0 Å². The molecule has 1 aromatic carbocycles. The highest BCUT2D eigenvalue weighted by Gasteiger charge is 2.70. The summed E-state index contributed by atoms with van der Waals surface area (Å²) in [6.07, 6.45) is 13.9. The number of allylic oxidation sites excluding steroid dienone is 2. The van der Waals surface area contributed by atoms with E-state index in [0.29, 0.717) is 48.9 Å². The zero-order valence-corrected chi connectivity index (χ0v) is 31.2. The second-order valence-corrected chi connectivity index (χ2v) is 18.3. The molecule has 6 rings (SSSR count). The van der Waals surface area contributed by atoms with Crippen molar-refractivity contribution in [2.75, 3.05) is 19.6 Å². The molecule has 0 saturated heterocycles. The monoisotopic (exact) mass is 674 g/mol. The molecule has 1 amide bonds. The summed E-state index contributed by atoms with van der Waals surface area (Å²) in [5.74, 6) is 0.773. The zero-order chi connectivity index (χ0) is 35.6. The molecule has 1 aromatic rings. The minimum atomic E-state index is -0.882. The predicted molar refractivity (Wildman–Crippen MR) is 194 cm³/mol. The van der Waals surface area contributed by atoms with E-state index in [2.05, 4.69) is 64.8 Å². The molecule has 0 spiro atoms. The molecule has 0 unspecified atom stereocenters. The van der Waals surface area contributed by atoms with Crippen LogP contribution in [0.1, 0.15) is 135 Å². The van der Waals surface area contributed by atoms with Crippen molar-refractivity contribution in [2.24, 2.45) is 50.7 Å². The van der Waals surface area contributed by atoms with Gasteiger partial charge in [-0.05, 0) is 140 Å². The van der Waals surface area contributed by atoms with Crippen LogP contribution in [0.25, 0.3) is 5.57 Å². The van der Waals surface area contributed by atoms with Gasteiger partial charge in [0.1, 0.15) is 0 Å². The highest BCUT2D eigenvalue weighted by molar-refractivity contribution is 5.88. The summed E-state index contributed by atoms with van der Waals surface area (Å²) in [5.41, 5.74) is 3.20. The largest absolute Gasteiger partial charge is 0.481 e. The van der Waals surface area contributed by atoms with Crippen molar-refractivity contribution in [2.45, 2.75) is 125 Å². The summed E-state index contributed by atoms with van der Waals surface area (Å²) in [6, 6.07) is 7.74. The van der Waals surface area contributed by atoms with Gasteiger partial charge >= 0.3 is 11.9 Å². The van der Waals surface area contributed by atoms with Gasteiger partial charge in [0.15, 0.2) is 0 Å². The Balaban J connectivity index is 1.21. The number of carbonyl (C=O) groups excluding carboxylic acids is 1. The maximum atomic E-state index is 14.2. The first kappa shape index (κ1) is 36.1. The van der Waals surface area contributed by atoms with Gasteiger partial charge < -0.3 is 15.5 Å². The Kier molecular flexibility index (Phi) is 9.46. The maximum Gasteiger partial charge on any atom is 0.335 e.